The van der Waals surface area contributed by atoms with Crippen LogP contribution in [0.25, 0.3) is 0 Å². The van der Waals surface area contributed by atoms with Crippen LogP contribution in [0.5, 0.6) is 0 Å². The summed E-state index contributed by atoms with van der Waals surface area (Å²) in [6.07, 6.45) is 0.250. The van der Waals surface area contributed by atoms with E-state index >= 15 is 0 Å². The molecule has 3 N–H and O–H groups in total. The molecule has 2 aromatic rings. The van der Waals surface area contributed by atoms with Crippen molar-refractivity contribution in [2.75, 3.05) is 17.6 Å². The van der Waals surface area contributed by atoms with Crippen molar-refractivity contribution < 1.29 is 9.59 Å². The fourth-order valence-electron chi connectivity index (χ4n) is 2.91. The third-order valence-corrected chi connectivity index (χ3v) is 4.32. The van der Waals surface area contributed by atoms with Crippen molar-refractivity contribution in [3.63, 3.8) is 0 Å². The Balaban J connectivity index is 0.00000225. The predicted octanol–water partition coefficient (Wildman–Crippen LogP) is 2.99. The Morgan fingerprint density at radius 2 is 1.96 bits per heavy atom. The molecule has 1 aliphatic rings. The lowest BCUT2D eigenvalue weighted by Gasteiger charge is -2.17. The number of likely N-dealkylation sites (tertiary alicyclic amines) is 1. The zero-order chi connectivity index (χ0) is 17.1. The summed E-state index contributed by atoms with van der Waals surface area (Å²) >= 11 is 0. The standard InChI is InChI=1S/C19H21N3O2.ClH/c1-13-7-8-16(20)10-17(13)21-19(24)15-9-18(23)22(12-15)11-14-5-3-2-4-6-14;/h2-8,10,15H,9,11-12,20H2,1H3,(H,21,24);1H. The normalized spacial score (nSPS) is 16.4. The molecule has 1 fully saturated rings. The summed E-state index contributed by atoms with van der Waals surface area (Å²) in [7, 11) is 0. The van der Waals surface area contributed by atoms with E-state index in [0.29, 0.717) is 24.5 Å². The van der Waals surface area contributed by atoms with E-state index in [9.17, 15) is 9.59 Å². The van der Waals surface area contributed by atoms with Crippen LogP contribution in [0, 0.1) is 12.8 Å². The second-order valence-electron chi connectivity index (χ2n) is 6.22. The molecule has 1 saturated heterocycles. The molecule has 0 saturated carbocycles. The summed E-state index contributed by atoms with van der Waals surface area (Å²) in [5, 5.41) is 2.90. The van der Waals surface area contributed by atoms with E-state index in [0.717, 1.165) is 11.1 Å². The molecule has 1 aliphatic heterocycles. The zero-order valence-electron chi connectivity index (χ0n) is 14.1. The van der Waals surface area contributed by atoms with Crippen LogP contribution in [0.3, 0.4) is 0 Å². The molecular weight excluding hydrogens is 338 g/mol. The first kappa shape index (κ1) is 18.8. The number of nitrogens with zero attached hydrogens (tertiary/aromatic N) is 1. The summed E-state index contributed by atoms with van der Waals surface area (Å²) in [4.78, 5) is 26.4. The predicted molar refractivity (Wildman–Crippen MR) is 101 cm³/mol. The number of anilines is 2. The monoisotopic (exact) mass is 359 g/mol. The molecule has 2 aromatic carbocycles. The Morgan fingerprint density at radius 3 is 2.68 bits per heavy atom. The lowest BCUT2D eigenvalue weighted by atomic mass is 10.1. The Morgan fingerprint density at radius 1 is 1.24 bits per heavy atom. The van der Waals surface area contributed by atoms with E-state index in [1.807, 2.05) is 43.3 Å². The van der Waals surface area contributed by atoms with Crippen molar-refractivity contribution in [3.8, 4) is 0 Å². The largest absolute Gasteiger partial charge is 0.399 e. The molecule has 2 amide bonds. The van der Waals surface area contributed by atoms with E-state index in [-0.39, 0.29) is 36.6 Å². The van der Waals surface area contributed by atoms with Gasteiger partial charge in [0.15, 0.2) is 0 Å². The van der Waals surface area contributed by atoms with Crippen LogP contribution in [0.1, 0.15) is 17.5 Å². The molecule has 0 spiro atoms. The minimum atomic E-state index is -0.331. The number of halogens is 1. The van der Waals surface area contributed by atoms with Gasteiger partial charge in [-0.05, 0) is 30.2 Å². The minimum absolute atomic E-state index is 0. The highest BCUT2D eigenvalue weighted by Crippen LogP contribution is 2.24. The highest BCUT2D eigenvalue weighted by atomic mass is 35.5. The van der Waals surface area contributed by atoms with Gasteiger partial charge in [0.25, 0.3) is 0 Å². The fourth-order valence-corrected chi connectivity index (χ4v) is 2.91. The molecule has 0 aromatic heterocycles. The van der Waals surface area contributed by atoms with Gasteiger partial charge >= 0.3 is 0 Å². The number of nitrogen functional groups attached to an aromatic ring is 1. The van der Waals surface area contributed by atoms with Gasteiger partial charge in [0.1, 0.15) is 0 Å². The van der Waals surface area contributed by atoms with Gasteiger partial charge in [0.05, 0.1) is 5.92 Å². The van der Waals surface area contributed by atoms with Gasteiger partial charge < -0.3 is 16.0 Å². The Labute approximate surface area is 153 Å². The van der Waals surface area contributed by atoms with Gasteiger partial charge in [-0.1, -0.05) is 36.4 Å². The topological polar surface area (TPSA) is 75.4 Å². The van der Waals surface area contributed by atoms with E-state index < -0.39 is 0 Å². The van der Waals surface area contributed by atoms with Gasteiger partial charge in [-0.15, -0.1) is 12.4 Å². The van der Waals surface area contributed by atoms with Crippen LogP contribution in [-0.4, -0.2) is 23.3 Å². The van der Waals surface area contributed by atoms with Crippen LogP contribution in [0.15, 0.2) is 48.5 Å². The van der Waals surface area contributed by atoms with E-state index in [4.69, 9.17) is 5.73 Å². The Hall–Kier alpha value is -2.53. The number of nitrogens with one attached hydrogen (secondary N) is 1. The van der Waals surface area contributed by atoms with Crippen LogP contribution >= 0.6 is 12.4 Å². The van der Waals surface area contributed by atoms with Crippen LogP contribution < -0.4 is 11.1 Å². The number of benzene rings is 2. The highest BCUT2D eigenvalue weighted by molar-refractivity contribution is 5.98. The molecular formula is C19H22ClN3O2. The quantitative estimate of drug-likeness (QED) is 0.824. The van der Waals surface area contributed by atoms with Gasteiger partial charge in [-0.2, -0.15) is 0 Å². The third kappa shape index (κ3) is 4.51. The SMILES string of the molecule is Cc1ccc(N)cc1NC(=O)C1CC(=O)N(Cc2ccccc2)C1.Cl. The highest BCUT2D eigenvalue weighted by Gasteiger charge is 2.34. The van der Waals surface area contributed by atoms with Gasteiger partial charge in [-0.25, -0.2) is 0 Å². The van der Waals surface area contributed by atoms with Crippen molar-refractivity contribution in [1.82, 2.24) is 4.90 Å². The average molecular weight is 360 g/mol. The molecule has 3 rings (SSSR count). The summed E-state index contributed by atoms with van der Waals surface area (Å²) in [5.74, 6) is -0.446. The third-order valence-electron chi connectivity index (χ3n) is 4.32. The number of carbonyl (C=O) groups is 2. The second-order valence-corrected chi connectivity index (χ2v) is 6.22. The first-order chi connectivity index (χ1) is 11.5. The molecule has 0 bridgehead atoms. The minimum Gasteiger partial charge on any atom is -0.399 e. The summed E-state index contributed by atoms with van der Waals surface area (Å²) in [6.45, 7) is 2.90. The fraction of sp³-hybridized carbons (Fsp3) is 0.263. The van der Waals surface area contributed by atoms with Crippen molar-refractivity contribution in [1.29, 1.82) is 0 Å². The van der Waals surface area contributed by atoms with Gasteiger partial charge in [0.2, 0.25) is 11.8 Å². The van der Waals surface area contributed by atoms with Gasteiger partial charge in [0, 0.05) is 30.9 Å². The lowest BCUT2D eigenvalue weighted by Crippen LogP contribution is -2.28. The number of hydrogen-bond donors (Lipinski definition) is 2. The molecule has 1 heterocycles. The molecule has 132 valence electrons. The summed E-state index contributed by atoms with van der Waals surface area (Å²) in [5.41, 5.74) is 9.09. The van der Waals surface area contributed by atoms with E-state index in [1.165, 1.54) is 0 Å². The van der Waals surface area contributed by atoms with Crippen molar-refractivity contribution in [2.45, 2.75) is 19.9 Å². The molecule has 6 heteroatoms. The zero-order valence-corrected chi connectivity index (χ0v) is 14.9. The second kappa shape index (κ2) is 8.03. The number of hydrogen-bond acceptors (Lipinski definition) is 3. The first-order valence-electron chi connectivity index (χ1n) is 8.01. The molecule has 1 unspecified atom stereocenters. The molecule has 25 heavy (non-hydrogen) atoms. The van der Waals surface area contributed by atoms with Crippen molar-refractivity contribution in [3.05, 3.63) is 59.7 Å². The number of carbonyl (C=O) groups excluding carboxylic acids is 2. The van der Waals surface area contributed by atoms with Crippen LogP contribution in [-0.2, 0) is 16.1 Å². The first-order valence-corrected chi connectivity index (χ1v) is 8.01. The average Bonchev–Trinajstić information content (AvgIpc) is 2.93. The van der Waals surface area contributed by atoms with Crippen LogP contribution in [0.4, 0.5) is 11.4 Å². The molecule has 1 atom stereocenters. The molecule has 0 aliphatic carbocycles. The van der Waals surface area contributed by atoms with Gasteiger partial charge in [-0.3, -0.25) is 9.59 Å². The molecule has 5 nitrogen and oxygen atoms in total. The maximum Gasteiger partial charge on any atom is 0.229 e. The van der Waals surface area contributed by atoms with Crippen molar-refractivity contribution in [2.24, 2.45) is 5.92 Å². The van der Waals surface area contributed by atoms with E-state index in [1.54, 1.807) is 17.0 Å². The van der Waals surface area contributed by atoms with Crippen LogP contribution in [0.2, 0.25) is 0 Å². The molecule has 0 radical (unpaired) electrons. The summed E-state index contributed by atoms with van der Waals surface area (Å²) < 4.78 is 0. The number of amides is 2. The maximum atomic E-state index is 12.5. The number of aryl methyl sites for hydroxylation is 1. The lowest BCUT2D eigenvalue weighted by molar-refractivity contribution is -0.128. The summed E-state index contributed by atoms with van der Waals surface area (Å²) in [6, 6.07) is 15.2. The smallest absolute Gasteiger partial charge is 0.229 e. The Kier molecular flexibility index (Phi) is 6.04. The number of nitrogens with two attached hydrogens (primary N) is 1. The number of rotatable bonds is 4. The van der Waals surface area contributed by atoms with Crippen molar-refractivity contribution >= 4 is 35.6 Å². The Bertz CT molecular complexity index is 765. The maximum absolute atomic E-state index is 12.5. The van der Waals surface area contributed by atoms with E-state index in [2.05, 4.69) is 5.32 Å².